The van der Waals surface area contributed by atoms with Gasteiger partial charge in [-0.25, -0.2) is 4.98 Å². The maximum absolute atomic E-state index is 4.44. The van der Waals surface area contributed by atoms with Crippen LogP contribution in [0.5, 0.6) is 0 Å². The van der Waals surface area contributed by atoms with Crippen LogP contribution < -0.4 is 0 Å². The Morgan fingerprint density at radius 1 is 1.33 bits per heavy atom. The first-order valence-corrected chi connectivity index (χ1v) is 6.45. The summed E-state index contributed by atoms with van der Waals surface area (Å²) in [5.41, 5.74) is 2.34. The molecular weight excluding hydrogens is 246 g/mol. The molecule has 98 valence electrons. The molecule has 4 heteroatoms. The molecule has 1 fully saturated rings. The topological polar surface area (TPSA) is 21.1 Å². The Morgan fingerprint density at radius 3 is 3.00 bits per heavy atom. The molecule has 0 amide bonds. The number of nitrogens with zero attached hydrogens (tertiary/aromatic N) is 3. The van der Waals surface area contributed by atoms with Crippen molar-refractivity contribution >= 4 is 23.4 Å². The largest absolute Gasteiger partial charge is 0.317 e. The standard InChI is InChI=1S/C14H19N3.ClH/c1-12-5-4-8-16(9-12)11-17-10-15-13-6-2-3-7-14(13)17;/h2-3,6-7,10,12H,4-5,8-9,11H2,1H3;1H. The lowest BCUT2D eigenvalue weighted by molar-refractivity contribution is 0.148. The number of halogens is 1. The van der Waals surface area contributed by atoms with Crippen LogP contribution in [-0.4, -0.2) is 27.5 Å². The second kappa shape index (κ2) is 5.72. The summed E-state index contributed by atoms with van der Waals surface area (Å²) >= 11 is 0. The Hall–Kier alpha value is -1.06. The molecule has 1 aromatic heterocycles. The maximum Gasteiger partial charge on any atom is 0.0969 e. The van der Waals surface area contributed by atoms with E-state index < -0.39 is 0 Å². The van der Waals surface area contributed by atoms with Gasteiger partial charge in [-0.1, -0.05) is 19.1 Å². The molecule has 0 spiro atoms. The number of aromatic nitrogens is 2. The molecule has 3 rings (SSSR count). The van der Waals surface area contributed by atoms with Gasteiger partial charge in [0, 0.05) is 6.54 Å². The highest BCUT2D eigenvalue weighted by molar-refractivity contribution is 5.85. The van der Waals surface area contributed by atoms with Gasteiger partial charge in [0.1, 0.15) is 0 Å². The molecule has 0 N–H and O–H groups in total. The maximum atomic E-state index is 4.44. The van der Waals surface area contributed by atoms with Crippen LogP contribution in [0.2, 0.25) is 0 Å². The van der Waals surface area contributed by atoms with Gasteiger partial charge in [0.05, 0.1) is 24.0 Å². The van der Waals surface area contributed by atoms with Crippen molar-refractivity contribution in [1.82, 2.24) is 14.5 Å². The molecular formula is C14H20ClN3. The average Bonchev–Trinajstić information content (AvgIpc) is 2.73. The van der Waals surface area contributed by atoms with Crippen LogP contribution in [-0.2, 0) is 6.67 Å². The zero-order valence-corrected chi connectivity index (χ0v) is 11.6. The number of imidazole rings is 1. The van der Waals surface area contributed by atoms with Crippen LogP contribution in [0.4, 0.5) is 0 Å². The Labute approximate surface area is 114 Å². The van der Waals surface area contributed by atoms with E-state index in [-0.39, 0.29) is 12.4 Å². The van der Waals surface area contributed by atoms with Crippen LogP contribution in [0.3, 0.4) is 0 Å². The molecule has 1 atom stereocenters. The van der Waals surface area contributed by atoms with E-state index in [4.69, 9.17) is 0 Å². The SMILES string of the molecule is CC1CCCN(Cn2cnc3ccccc32)C1.Cl. The summed E-state index contributed by atoms with van der Waals surface area (Å²) in [4.78, 5) is 6.97. The van der Waals surface area contributed by atoms with E-state index in [1.54, 1.807) is 0 Å². The molecule has 3 nitrogen and oxygen atoms in total. The van der Waals surface area contributed by atoms with Crippen molar-refractivity contribution in [2.75, 3.05) is 13.1 Å². The van der Waals surface area contributed by atoms with Crippen molar-refractivity contribution in [3.8, 4) is 0 Å². The average molecular weight is 266 g/mol. The van der Waals surface area contributed by atoms with Crippen molar-refractivity contribution in [1.29, 1.82) is 0 Å². The lowest BCUT2D eigenvalue weighted by Crippen LogP contribution is -2.35. The molecule has 0 saturated carbocycles. The molecule has 0 radical (unpaired) electrons. The number of piperidine rings is 1. The molecule has 1 saturated heterocycles. The summed E-state index contributed by atoms with van der Waals surface area (Å²) in [6, 6.07) is 8.35. The number of fused-ring (bicyclic) bond motifs is 1. The zero-order valence-electron chi connectivity index (χ0n) is 10.7. The zero-order chi connectivity index (χ0) is 11.7. The highest BCUT2D eigenvalue weighted by Crippen LogP contribution is 2.18. The van der Waals surface area contributed by atoms with Crippen LogP contribution in [0, 0.1) is 5.92 Å². The predicted molar refractivity (Wildman–Crippen MR) is 77.0 cm³/mol. The molecule has 0 aliphatic carbocycles. The molecule has 1 aliphatic heterocycles. The first-order chi connectivity index (χ1) is 8.33. The van der Waals surface area contributed by atoms with E-state index in [9.17, 15) is 0 Å². The minimum absolute atomic E-state index is 0. The summed E-state index contributed by atoms with van der Waals surface area (Å²) < 4.78 is 2.26. The third-order valence-corrected chi connectivity index (χ3v) is 3.62. The first kappa shape index (κ1) is 13.4. The molecule has 18 heavy (non-hydrogen) atoms. The monoisotopic (exact) mass is 265 g/mol. The third-order valence-electron chi connectivity index (χ3n) is 3.62. The second-order valence-electron chi connectivity index (χ2n) is 5.17. The molecule has 1 aromatic carbocycles. The lowest BCUT2D eigenvalue weighted by atomic mass is 10.0. The van der Waals surface area contributed by atoms with Gasteiger partial charge in [-0.15, -0.1) is 12.4 Å². The Morgan fingerprint density at radius 2 is 2.17 bits per heavy atom. The Bertz CT molecular complexity index is 508. The van der Waals surface area contributed by atoms with Crippen molar-refractivity contribution < 1.29 is 0 Å². The third kappa shape index (κ3) is 2.68. The van der Waals surface area contributed by atoms with Gasteiger partial charge in [0.25, 0.3) is 0 Å². The van der Waals surface area contributed by atoms with Crippen LogP contribution in [0.1, 0.15) is 19.8 Å². The number of rotatable bonds is 2. The van der Waals surface area contributed by atoms with Gasteiger partial charge >= 0.3 is 0 Å². The molecule has 2 heterocycles. The molecule has 2 aromatic rings. The van der Waals surface area contributed by atoms with Crippen molar-refractivity contribution in [2.45, 2.75) is 26.4 Å². The van der Waals surface area contributed by atoms with E-state index in [1.165, 1.54) is 31.4 Å². The quantitative estimate of drug-likeness (QED) is 0.832. The molecule has 1 unspecified atom stereocenters. The van der Waals surface area contributed by atoms with Gasteiger partial charge in [-0.2, -0.15) is 0 Å². The number of hydrogen-bond donors (Lipinski definition) is 0. The Kier molecular flexibility index (Phi) is 4.25. The first-order valence-electron chi connectivity index (χ1n) is 6.45. The van der Waals surface area contributed by atoms with Gasteiger partial charge in [-0.3, -0.25) is 4.90 Å². The summed E-state index contributed by atoms with van der Waals surface area (Å²) in [6.07, 6.45) is 4.67. The number of likely N-dealkylation sites (tertiary alicyclic amines) is 1. The molecule has 1 aliphatic rings. The van der Waals surface area contributed by atoms with Crippen LogP contribution >= 0.6 is 12.4 Å². The van der Waals surface area contributed by atoms with E-state index >= 15 is 0 Å². The van der Waals surface area contributed by atoms with E-state index in [0.717, 1.165) is 18.1 Å². The lowest BCUT2D eigenvalue weighted by Gasteiger charge is -2.31. The van der Waals surface area contributed by atoms with Gasteiger partial charge < -0.3 is 4.57 Å². The minimum atomic E-state index is 0. The van der Waals surface area contributed by atoms with E-state index in [1.807, 2.05) is 12.4 Å². The highest BCUT2D eigenvalue weighted by atomic mass is 35.5. The predicted octanol–water partition coefficient (Wildman–Crippen LogP) is 3.15. The molecule has 0 bridgehead atoms. The number of benzene rings is 1. The van der Waals surface area contributed by atoms with Crippen LogP contribution in [0.15, 0.2) is 30.6 Å². The summed E-state index contributed by atoms with van der Waals surface area (Å²) in [6.45, 7) is 5.76. The second-order valence-corrected chi connectivity index (χ2v) is 5.17. The van der Waals surface area contributed by atoms with Crippen molar-refractivity contribution in [3.63, 3.8) is 0 Å². The summed E-state index contributed by atoms with van der Waals surface area (Å²) in [7, 11) is 0. The number of para-hydroxylation sites is 2. The van der Waals surface area contributed by atoms with Crippen molar-refractivity contribution in [2.24, 2.45) is 5.92 Å². The normalized spacial score (nSPS) is 20.8. The van der Waals surface area contributed by atoms with Crippen molar-refractivity contribution in [3.05, 3.63) is 30.6 Å². The van der Waals surface area contributed by atoms with E-state index in [2.05, 4.69) is 39.6 Å². The minimum Gasteiger partial charge on any atom is -0.317 e. The highest BCUT2D eigenvalue weighted by Gasteiger charge is 2.16. The fourth-order valence-corrected chi connectivity index (χ4v) is 2.75. The summed E-state index contributed by atoms with van der Waals surface area (Å²) in [5.74, 6) is 0.832. The van der Waals surface area contributed by atoms with E-state index in [0.29, 0.717) is 0 Å². The number of hydrogen-bond acceptors (Lipinski definition) is 2. The van der Waals surface area contributed by atoms with Gasteiger partial charge in [-0.05, 0) is 37.4 Å². The smallest absolute Gasteiger partial charge is 0.0969 e. The fraction of sp³-hybridized carbons (Fsp3) is 0.500. The van der Waals surface area contributed by atoms with Gasteiger partial charge in [0.2, 0.25) is 0 Å². The fourth-order valence-electron chi connectivity index (χ4n) is 2.75. The van der Waals surface area contributed by atoms with Gasteiger partial charge in [0.15, 0.2) is 0 Å². The van der Waals surface area contributed by atoms with Crippen LogP contribution in [0.25, 0.3) is 11.0 Å². The summed E-state index contributed by atoms with van der Waals surface area (Å²) in [5, 5.41) is 0. The Balaban J connectivity index is 0.00000120.